The van der Waals surface area contributed by atoms with Crippen molar-refractivity contribution >= 4 is 17.0 Å². The second-order valence-electron chi connectivity index (χ2n) is 7.92. The lowest BCUT2D eigenvalue weighted by Gasteiger charge is -2.12. The van der Waals surface area contributed by atoms with Gasteiger partial charge >= 0.3 is 0 Å². The lowest BCUT2D eigenvalue weighted by Crippen LogP contribution is -2.03. The van der Waals surface area contributed by atoms with Gasteiger partial charge in [-0.3, -0.25) is 4.57 Å². The fourth-order valence-corrected chi connectivity index (χ4v) is 4.46. The summed E-state index contributed by atoms with van der Waals surface area (Å²) in [6, 6.07) is 24.8. The maximum Gasteiger partial charge on any atom is 0.165 e. The number of anilines is 1. The number of imidazole rings is 1. The van der Waals surface area contributed by atoms with Crippen molar-refractivity contribution in [3.8, 4) is 28.3 Å². The number of nitrogen functional groups attached to an aromatic ring is 1. The Morgan fingerprint density at radius 1 is 0.806 bits per heavy atom. The molecule has 0 radical (unpaired) electrons. The fraction of sp³-hybridized carbons (Fsp3) is 0.115. The van der Waals surface area contributed by atoms with Crippen LogP contribution in [0.5, 0.6) is 0 Å². The molecule has 150 valence electrons. The van der Waals surface area contributed by atoms with Crippen LogP contribution in [-0.4, -0.2) is 19.5 Å². The van der Waals surface area contributed by atoms with Crippen LogP contribution < -0.4 is 5.73 Å². The average Bonchev–Trinajstić information content (AvgIpc) is 3.43. The van der Waals surface area contributed by atoms with E-state index < -0.39 is 0 Å². The lowest BCUT2D eigenvalue weighted by molar-refractivity contribution is 0.911. The zero-order chi connectivity index (χ0) is 20.8. The summed E-state index contributed by atoms with van der Waals surface area (Å²) in [6.07, 6.45) is 5.18. The number of hydrogen-bond acceptors (Lipinski definition) is 4. The van der Waals surface area contributed by atoms with Crippen LogP contribution in [0.25, 0.3) is 39.5 Å². The van der Waals surface area contributed by atoms with E-state index in [0.29, 0.717) is 5.82 Å². The van der Waals surface area contributed by atoms with Crippen LogP contribution in [-0.2, 0) is 12.8 Å². The summed E-state index contributed by atoms with van der Waals surface area (Å²) in [4.78, 5) is 14.2. The van der Waals surface area contributed by atoms with Crippen molar-refractivity contribution in [1.82, 2.24) is 19.5 Å². The van der Waals surface area contributed by atoms with Crippen LogP contribution in [0, 0.1) is 0 Å². The highest BCUT2D eigenvalue weighted by Gasteiger charge is 2.20. The summed E-state index contributed by atoms with van der Waals surface area (Å²) in [5.41, 5.74) is 14.6. The molecular weight excluding hydrogens is 382 g/mol. The number of aromatic nitrogens is 4. The highest BCUT2D eigenvalue weighted by atomic mass is 15.1. The molecule has 3 aromatic heterocycles. The van der Waals surface area contributed by atoms with Crippen molar-refractivity contribution in [3.63, 3.8) is 0 Å². The van der Waals surface area contributed by atoms with Gasteiger partial charge in [-0.15, -0.1) is 0 Å². The second-order valence-corrected chi connectivity index (χ2v) is 7.92. The third-order valence-corrected chi connectivity index (χ3v) is 5.99. The number of fused-ring (bicyclic) bond motifs is 2. The molecule has 5 nitrogen and oxygen atoms in total. The van der Waals surface area contributed by atoms with Gasteiger partial charge in [0.1, 0.15) is 11.3 Å². The van der Waals surface area contributed by atoms with Gasteiger partial charge in [-0.25, -0.2) is 15.0 Å². The molecule has 0 aliphatic heterocycles. The van der Waals surface area contributed by atoms with E-state index in [1.807, 2.05) is 42.5 Å². The predicted octanol–water partition coefficient (Wildman–Crippen LogP) is 5.22. The Morgan fingerprint density at radius 3 is 2.55 bits per heavy atom. The normalized spacial score (nSPS) is 12.9. The van der Waals surface area contributed by atoms with E-state index in [4.69, 9.17) is 15.7 Å². The van der Waals surface area contributed by atoms with Crippen molar-refractivity contribution in [2.75, 3.05) is 5.73 Å². The topological polar surface area (TPSA) is 69.6 Å². The van der Waals surface area contributed by atoms with Gasteiger partial charge in [0, 0.05) is 17.4 Å². The van der Waals surface area contributed by atoms with Gasteiger partial charge < -0.3 is 5.73 Å². The number of rotatable bonds is 3. The molecule has 0 saturated heterocycles. The summed E-state index contributed by atoms with van der Waals surface area (Å²) in [5, 5.41) is 0. The number of pyridine rings is 2. The molecule has 0 spiro atoms. The van der Waals surface area contributed by atoms with Crippen molar-refractivity contribution in [2.45, 2.75) is 19.3 Å². The molecule has 0 bridgehead atoms. The Hall–Kier alpha value is -3.99. The van der Waals surface area contributed by atoms with E-state index in [0.717, 1.165) is 52.3 Å². The molecule has 0 saturated carbocycles. The molecule has 0 amide bonds. The van der Waals surface area contributed by atoms with Crippen LogP contribution in [0.3, 0.4) is 0 Å². The summed E-state index contributed by atoms with van der Waals surface area (Å²) in [5.74, 6) is 1.22. The van der Waals surface area contributed by atoms with E-state index >= 15 is 0 Å². The van der Waals surface area contributed by atoms with E-state index in [1.165, 1.54) is 17.5 Å². The van der Waals surface area contributed by atoms with Crippen molar-refractivity contribution < 1.29 is 0 Å². The molecule has 31 heavy (non-hydrogen) atoms. The number of benzene rings is 2. The summed E-state index contributed by atoms with van der Waals surface area (Å²) >= 11 is 0. The number of nitrogens with zero attached hydrogens (tertiary/aromatic N) is 4. The highest BCUT2D eigenvalue weighted by molar-refractivity contribution is 5.84. The van der Waals surface area contributed by atoms with E-state index in [-0.39, 0.29) is 0 Å². The monoisotopic (exact) mass is 403 g/mol. The highest BCUT2D eigenvalue weighted by Crippen LogP contribution is 2.33. The molecule has 3 heterocycles. The molecule has 2 aromatic carbocycles. The maximum atomic E-state index is 6.25. The first-order chi connectivity index (χ1) is 15.3. The van der Waals surface area contributed by atoms with E-state index in [9.17, 15) is 0 Å². The Morgan fingerprint density at radius 2 is 1.68 bits per heavy atom. The van der Waals surface area contributed by atoms with Crippen molar-refractivity contribution in [2.24, 2.45) is 0 Å². The first-order valence-electron chi connectivity index (χ1n) is 10.6. The third-order valence-electron chi connectivity index (χ3n) is 5.99. The molecule has 5 heteroatoms. The Kier molecular flexibility index (Phi) is 4.06. The van der Waals surface area contributed by atoms with Crippen LogP contribution in [0.1, 0.15) is 17.5 Å². The number of nitrogens with two attached hydrogens (primary N) is 1. The van der Waals surface area contributed by atoms with Gasteiger partial charge in [0.25, 0.3) is 0 Å². The Bertz CT molecular complexity index is 1420. The quantitative estimate of drug-likeness (QED) is 0.448. The van der Waals surface area contributed by atoms with E-state index in [2.05, 4.69) is 39.9 Å². The molecule has 0 atom stereocenters. The van der Waals surface area contributed by atoms with Crippen LogP contribution >= 0.6 is 0 Å². The fourth-order valence-electron chi connectivity index (χ4n) is 4.46. The minimum absolute atomic E-state index is 0.462. The van der Waals surface area contributed by atoms with E-state index in [1.54, 1.807) is 6.20 Å². The maximum absolute atomic E-state index is 6.25. The molecule has 0 unspecified atom stereocenters. The first-order valence-corrected chi connectivity index (χ1v) is 10.6. The minimum Gasteiger partial charge on any atom is -0.383 e. The molecule has 0 fully saturated rings. The van der Waals surface area contributed by atoms with Gasteiger partial charge in [0.15, 0.2) is 11.5 Å². The molecule has 6 rings (SSSR count). The van der Waals surface area contributed by atoms with Crippen LogP contribution in [0.15, 0.2) is 79.0 Å². The lowest BCUT2D eigenvalue weighted by atomic mass is 10.1. The molecular formula is C26H21N5. The van der Waals surface area contributed by atoms with Crippen molar-refractivity contribution in [1.29, 1.82) is 0 Å². The Balaban J connectivity index is 1.64. The molecule has 1 aliphatic carbocycles. The smallest absolute Gasteiger partial charge is 0.165 e. The van der Waals surface area contributed by atoms with Gasteiger partial charge in [0.05, 0.1) is 11.3 Å². The number of hydrogen-bond donors (Lipinski definition) is 1. The second kappa shape index (κ2) is 7.06. The first kappa shape index (κ1) is 17.8. The Labute approximate surface area is 180 Å². The minimum atomic E-state index is 0.462. The zero-order valence-electron chi connectivity index (χ0n) is 17.0. The zero-order valence-corrected chi connectivity index (χ0v) is 17.0. The third kappa shape index (κ3) is 2.97. The number of aryl methyl sites for hydroxylation is 2. The van der Waals surface area contributed by atoms with Gasteiger partial charge in [-0.2, -0.15) is 0 Å². The SMILES string of the molecule is Nc1ncccc1-c1nc2ccc(-c3ccccc3)nc2n1-c1ccc2c(c1)CCC2. The average molecular weight is 403 g/mol. The predicted molar refractivity (Wildman–Crippen MR) is 124 cm³/mol. The summed E-state index contributed by atoms with van der Waals surface area (Å²) in [7, 11) is 0. The molecule has 5 aromatic rings. The standard InChI is InChI=1S/C26H21N5/c27-24-21(10-5-15-28-24)25-30-23-14-13-22(18-6-2-1-3-7-18)29-26(23)31(25)20-12-11-17-8-4-9-19(17)16-20/h1-3,5-7,10-16H,4,8-9H2,(H2,27,28). The molecule has 2 N–H and O–H groups in total. The summed E-state index contributed by atoms with van der Waals surface area (Å²) < 4.78 is 2.12. The van der Waals surface area contributed by atoms with Crippen LogP contribution in [0.4, 0.5) is 5.82 Å². The largest absolute Gasteiger partial charge is 0.383 e. The van der Waals surface area contributed by atoms with Crippen LogP contribution in [0.2, 0.25) is 0 Å². The van der Waals surface area contributed by atoms with Crippen molar-refractivity contribution in [3.05, 3.63) is 90.1 Å². The molecule has 1 aliphatic rings. The summed E-state index contributed by atoms with van der Waals surface area (Å²) in [6.45, 7) is 0. The van der Waals surface area contributed by atoms with Gasteiger partial charge in [-0.05, 0) is 66.8 Å². The van der Waals surface area contributed by atoms with Gasteiger partial charge in [0.2, 0.25) is 0 Å². The van der Waals surface area contributed by atoms with Gasteiger partial charge in [-0.1, -0.05) is 36.4 Å².